The normalized spacial score (nSPS) is 9.88. The first-order valence-corrected chi connectivity index (χ1v) is 5.22. The van der Waals surface area contributed by atoms with E-state index < -0.39 is 0 Å². The monoisotopic (exact) mass is 225 g/mol. The van der Waals surface area contributed by atoms with Gasteiger partial charge in [-0.25, -0.2) is 9.97 Å². The molecule has 0 aliphatic carbocycles. The van der Waals surface area contributed by atoms with Crippen molar-refractivity contribution in [2.75, 3.05) is 5.73 Å². The minimum absolute atomic E-state index is 0.205. The lowest BCUT2D eigenvalue weighted by Crippen LogP contribution is -2.00. The third kappa shape index (κ3) is 2.06. The average molecular weight is 225 g/mol. The van der Waals surface area contributed by atoms with Crippen molar-refractivity contribution in [3.8, 4) is 17.5 Å². The first-order chi connectivity index (χ1) is 8.26. The van der Waals surface area contributed by atoms with Crippen molar-refractivity contribution in [2.45, 2.75) is 13.3 Å². The van der Waals surface area contributed by atoms with Gasteiger partial charge in [0, 0.05) is 18.0 Å². The van der Waals surface area contributed by atoms with Gasteiger partial charge in [-0.2, -0.15) is 5.26 Å². The van der Waals surface area contributed by atoms with E-state index in [0.29, 0.717) is 11.4 Å². The summed E-state index contributed by atoms with van der Waals surface area (Å²) in [6, 6.07) is 3.79. The molecular weight excluding hydrogens is 214 g/mol. The van der Waals surface area contributed by atoms with E-state index in [9.17, 15) is 0 Å². The maximum atomic E-state index is 8.76. The fraction of sp³-hybridized carbons (Fsp3) is 0.167. The number of aryl methyl sites for hydroxylation is 1. The van der Waals surface area contributed by atoms with Crippen LogP contribution < -0.4 is 5.73 Å². The summed E-state index contributed by atoms with van der Waals surface area (Å²) in [7, 11) is 0. The smallest absolute Gasteiger partial charge is 0.161 e. The summed E-state index contributed by atoms with van der Waals surface area (Å²) in [5, 5.41) is 8.76. The Bertz CT molecular complexity index is 586. The number of nitrogens with zero attached hydrogens (tertiary/aromatic N) is 4. The molecule has 17 heavy (non-hydrogen) atoms. The van der Waals surface area contributed by atoms with Gasteiger partial charge < -0.3 is 5.73 Å². The molecule has 0 fully saturated rings. The van der Waals surface area contributed by atoms with Crippen molar-refractivity contribution in [2.24, 2.45) is 0 Å². The summed E-state index contributed by atoms with van der Waals surface area (Å²) >= 11 is 0. The molecule has 2 rings (SSSR count). The van der Waals surface area contributed by atoms with Crippen LogP contribution in [0.15, 0.2) is 24.7 Å². The van der Waals surface area contributed by atoms with Gasteiger partial charge in [0.1, 0.15) is 17.5 Å². The Morgan fingerprint density at radius 1 is 1.41 bits per heavy atom. The lowest BCUT2D eigenvalue weighted by atomic mass is 10.1. The Hall–Kier alpha value is -2.48. The van der Waals surface area contributed by atoms with Gasteiger partial charge in [-0.1, -0.05) is 6.92 Å². The number of aromatic nitrogens is 3. The predicted molar refractivity (Wildman–Crippen MR) is 63.8 cm³/mol. The highest BCUT2D eigenvalue weighted by atomic mass is 14.9. The van der Waals surface area contributed by atoms with Crippen LogP contribution in [0.4, 0.5) is 5.82 Å². The Morgan fingerprint density at radius 3 is 2.88 bits per heavy atom. The van der Waals surface area contributed by atoms with E-state index in [0.717, 1.165) is 17.5 Å². The number of rotatable bonds is 2. The van der Waals surface area contributed by atoms with E-state index in [2.05, 4.69) is 15.0 Å². The quantitative estimate of drug-likeness (QED) is 0.837. The van der Waals surface area contributed by atoms with Crippen LogP contribution in [-0.2, 0) is 6.42 Å². The van der Waals surface area contributed by atoms with Gasteiger partial charge in [0.25, 0.3) is 0 Å². The lowest BCUT2D eigenvalue weighted by Gasteiger charge is -2.06. The van der Waals surface area contributed by atoms with Crippen LogP contribution in [0.2, 0.25) is 0 Å². The van der Waals surface area contributed by atoms with Gasteiger partial charge in [-0.15, -0.1) is 0 Å². The van der Waals surface area contributed by atoms with Gasteiger partial charge >= 0.3 is 0 Å². The average Bonchev–Trinajstić information content (AvgIpc) is 2.38. The third-order valence-corrected chi connectivity index (χ3v) is 2.46. The summed E-state index contributed by atoms with van der Waals surface area (Å²) in [6.07, 6.45) is 5.75. The fourth-order valence-electron chi connectivity index (χ4n) is 1.54. The molecule has 5 nitrogen and oxygen atoms in total. The highest BCUT2D eigenvalue weighted by Gasteiger charge is 2.09. The fourth-order valence-corrected chi connectivity index (χ4v) is 1.54. The van der Waals surface area contributed by atoms with E-state index in [-0.39, 0.29) is 5.82 Å². The van der Waals surface area contributed by atoms with Gasteiger partial charge in [-0.3, -0.25) is 4.98 Å². The number of anilines is 1. The van der Waals surface area contributed by atoms with Crippen molar-refractivity contribution in [1.29, 1.82) is 5.26 Å². The maximum Gasteiger partial charge on any atom is 0.161 e. The third-order valence-electron chi connectivity index (χ3n) is 2.46. The standard InChI is InChI=1S/C12H11N5/c1-2-8-6-15-4-3-10(8)12-16-7-9(5-13)11(14)17-12/h3-4,6-7H,2H2,1H3,(H2,14,16,17). The van der Waals surface area contributed by atoms with E-state index in [1.165, 1.54) is 6.20 Å². The minimum atomic E-state index is 0.205. The first kappa shape index (κ1) is 11.0. The molecule has 0 aromatic carbocycles. The molecule has 0 amide bonds. The summed E-state index contributed by atoms with van der Waals surface area (Å²) in [4.78, 5) is 12.3. The van der Waals surface area contributed by atoms with Crippen molar-refractivity contribution < 1.29 is 0 Å². The molecule has 0 aliphatic heterocycles. The molecule has 2 aromatic heterocycles. The van der Waals surface area contributed by atoms with Crippen LogP contribution in [-0.4, -0.2) is 15.0 Å². The molecule has 2 heterocycles. The Balaban J connectivity index is 2.54. The van der Waals surface area contributed by atoms with E-state index >= 15 is 0 Å². The number of pyridine rings is 1. The zero-order valence-corrected chi connectivity index (χ0v) is 9.38. The van der Waals surface area contributed by atoms with Gasteiger partial charge in [0.2, 0.25) is 0 Å². The SMILES string of the molecule is CCc1cnccc1-c1ncc(C#N)c(N)n1. The summed E-state index contributed by atoms with van der Waals surface area (Å²) < 4.78 is 0. The lowest BCUT2D eigenvalue weighted by molar-refractivity contribution is 1.08. The van der Waals surface area contributed by atoms with E-state index in [4.69, 9.17) is 11.0 Å². The molecule has 2 N–H and O–H groups in total. The van der Waals surface area contributed by atoms with Crippen LogP contribution in [0, 0.1) is 11.3 Å². The number of nitriles is 1. The largest absolute Gasteiger partial charge is 0.382 e. The summed E-state index contributed by atoms with van der Waals surface area (Å²) in [5.41, 5.74) is 7.92. The molecule has 0 atom stereocenters. The van der Waals surface area contributed by atoms with Crippen molar-refractivity contribution in [3.05, 3.63) is 35.8 Å². The maximum absolute atomic E-state index is 8.76. The Kier molecular flexibility index (Phi) is 2.97. The Morgan fingerprint density at radius 2 is 2.24 bits per heavy atom. The second-order valence-corrected chi connectivity index (χ2v) is 3.49. The molecule has 0 spiro atoms. The summed E-state index contributed by atoms with van der Waals surface area (Å²) in [5.74, 6) is 0.733. The van der Waals surface area contributed by atoms with Crippen LogP contribution in [0.25, 0.3) is 11.4 Å². The van der Waals surface area contributed by atoms with Gasteiger partial charge in [0.05, 0.1) is 6.20 Å². The Labute approximate surface area is 99.0 Å². The van der Waals surface area contributed by atoms with Gasteiger partial charge in [-0.05, 0) is 18.1 Å². The van der Waals surface area contributed by atoms with E-state index in [1.54, 1.807) is 12.4 Å². The van der Waals surface area contributed by atoms with Crippen LogP contribution in [0.1, 0.15) is 18.1 Å². The molecular formula is C12H11N5. The molecule has 0 saturated heterocycles. The molecule has 0 radical (unpaired) electrons. The second kappa shape index (κ2) is 4.58. The first-order valence-electron chi connectivity index (χ1n) is 5.22. The number of hydrogen-bond acceptors (Lipinski definition) is 5. The molecule has 0 unspecified atom stereocenters. The molecule has 2 aromatic rings. The van der Waals surface area contributed by atoms with Gasteiger partial charge in [0.15, 0.2) is 5.82 Å². The molecule has 0 aliphatic rings. The van der Waals surface area contributed by atoms with Crippen LogP contribution >= 0.6 is 0 Å². The molecule has 5 heteroatoms. The van der Waals surface area contributed by atoms with Crippen molar-refractivity contribution in [1.82, 2.24) is 15.0 Å². The number of hydrogen-bond donors (Lipinski definition) is 1. The second-order valence-electron chi connectivity index (χ2n) is 3.49. The molecule has 0 saturated carbocycles. The van der Waals surface area contributed by atoms with Crippen LogP contribution in [0.5, 0.6) is 0 Å². The minimum Gasteiger partial charge on any atom is -0.382 e. The number of nitrogen functional groups attached to an aromatic ring is 1. The van der Waals surface area contributed by atoms with E-state index in [1.807, 2.05) is 19.1 Å². The predicted octanol–water partition coefficient (Wildman–Crippen LogP) is 1.55. The topological polar surface area (TPSA) is 88.5 Å². The molecule has 84 valence electrons. The van der Waals surface area contributed by atoms with Crippen molar-refractivity contribution >= 4 is 5.82 Å². The van der Waals surface area contributed by atoms with Crippen LogP contribution in [0.3, 0.4) is 0 Å². The highest BCUT2D eigenvalue weighted by Crippen LogP contribution is 2.21. The summed E-state index contributed by atoms with van der Waals surface area (Å²) in [6.45, 7) is 2.04. The highest BCUT2D eigenvalue weighted by molar-refractivity contribution is 5.62. The zero-order chi connectivity index (χ0) is 12.3. The van der Waals surface area contributed by atoms with Crippen molar-refractivity contribution in [3.63, 3.8) is 0 Å². The number of nitrogens with two attached hydrogens (primary N) is 1. The molecule has 0 bridgehead atoms. The zero-order valence-electron chi connectivity index (χ0n) is 9.38.